The minimum Gasteiger partial charge on any atom is -0.494 e. The van der Waals surface area contributed by atoms with Gasteiger partial charge in [-0.15, -0.1) is 0 Å². The van der Waals surface area contributed by atoms with Crippen molar-refractivity contribution in [3.63, 3.8) is 0 Å². The molecule has 3 N–H and O–H groups in total. The fourth-order valence-electron chi connectivity index (χ4n) is 6.81. The summed E-state index contributed by atoms with van der Waals surface area (Å²) in [7, 11) is 0. The molecule has 0 radical (unpaired) electrons. The van der Waals surface area contributed by atoms with Crippen LogP contribution in [0.1, 0.15) is 46.3 Å². The van der Waals surface area contributed by atoms with Crippen LogP contribution < -0.4 is 15.6 Å². The molecular weight excluding hydrogens is 659 g/mol. The predicted molar refractivity (Wildman–Crippen MR) is 210 cm³/mol. The number of rotatable bonds is 15. The number of nitrogens with one attached hydrogen (secondary N) is 2. The molecule has 0 spiro atoms. The molecule has 53 heavy (non-hydrogen) atoms. The highest BCUT2D eigenvalue weighted by molar-refractivity contribution is 6.01. The zero-order valence-electron chi connectivity index (χ0n) is 29.5. The summed E-state index contributed by atoms with van der Waals surface area (Å²) < 4.78 is 12.6. The Morgan fingerprint density at radius 3 is 1.85 bits per heavy atom. The van der Waals surface area contributed by atoms with Crippen LogP contribution >= 0.6 is 0 Å². The minimum absolute atomic E-state index is 0.00102. The number of aliphatic hydroxyl groups excluding tert-OH is 1. The average molecular weight is 702 g/mol. The van der Waals surface area contributed by atoms with Gasteiger partial charge >= 0.3 is 0 Å². The van der Waals surface area contributed by atoms with Crippen molar-refractivity contribution < 1.29 is 19.4 Å². The zero-order valence-corrected chi connectivity index (χ0v) is 29.5. The number of hydrogen-bond acceptors (Lipinski definition) is 6. The van der Waals surface area contributed by atoms with Gasteiger partial charge in [0, 0.05) is 37.5 Å². The largest absolute Gasteiger partial charge is 0.494 e. The first-order valence-electron chi connectivity index (χ1n) is 18.1. The lowest BCUT2D eigenvalue weighted by Gasteiger charge is -2.31. The van der Waals surface area contributed by atoms with Crippen molar-refractivity contribution in [3.8, 4) is 16.9 Å². The Bertz CT molecular complexity index is 2040. The molecule has 2 atom stereocenters. The molecule has 0 saturated heterocycles. The number of benzene rings is 6. The van der Waals surface area contributed by atoms with Crippen molar-refractivity contribution in [1.82, 2.24) is 10.9 Å². The van der Waals surface area contributed by atoms with E-state index in [-0.39, 0.29) is 18.4 Å². The molecule has 6 aromatic carbocycles. The molecule has 7 nitrogen and oxygen atoms in total. The highest BCUT2D eigenvalue weighted by atomic mass is 16.5. The second kappa shape index (κ2) is 17.0. The summed E-state index contributed by atoms with van der Waals surface area (Å²) >= 11 is 0. The maximum atomic E-state index is 14.9. The van der Waals surface area contributed by atoms with E-state index in [4.69, 9.17) is 19.6 Å². The van der Waals surface area contributed by atoms with Gasteiger partial charge in [0.1, 0.15) is 5.75 Å². The van der Waals surface area contributed by atoms with Gasteiger partial charge < -0.3 is 14.6 Å². The van der Waals surface area contributed by atoms with Gasteiger partial charge in [0.2, 0.25) is 5.90 Å². The normalized spacial score (nSPS) is 16.5. The summed E-state index contributed by atoms with van der Waals surface area (Å²) in [6, 6.07) is 56.4. The van der Waals surface area contributed by atoms with Crippen LogP contribution in [0.25, 0.3) is 11.1 Å². The van der Waals surface area contributed by atoms with E-state index in [0.717, 1.165) is 38.9 Å². The molecule has 0 bridgehead atoms. The topological polar surface area (TPSA) is 92.2 Å². The molecule has 266 valence electrons. The van der Waals surface area contributed by atoms with E-state index in [1.807, 2.05) is 121 Å². The summed E-state index contributed by atoms with van der Waals surface area (Å²) in [5, 5.41) is 9.16. The molecule has 0 saturated carbocycles. The van der Waals surface area contributed by atoms with E-state index in [1.165, 1.54) is 0 Å². The first-order valence-corrected chi connectivity index (χ1v) is 18.1. The van der Waals surface area contributed by atoms with Crippen molar-refractivity contribution >= 4 is 11.8 Å². The van der Waals surface area contributed by atoms with E-state index in [1.54, 1.807) is 0 Å². The molecule has 1 heterocycles. The first kappa shape index (κ1) is 35.4. The number of carbonyl (C=O) groups is 1. The SMILES string of the molecule is O=C(NNCC(c1ccccc1)c1ccccc1)[C@@]1(Cc2ccccc2)N=C(c2ccc(OCCCO)cc2)O[C@H]1c1ccc(-c2ccccc2)cc1. The van der Waals surface area contributed by atoms with E-state index in [0.29, 0.717) is 37.6 Å². The molecule has 1 aliphatic rings. The number of nitrogens with zero attached hydrogens (tertiary/aromatic N) is 1. The number of hydrogen-bond donors (Lipinski definition) is 3. The van der Waals surface area contributed by atoms with Gasteiger partial charge in [-0.1, -0.05) is 146 Å². The Labute approximate surface area is 311 Å². The maximum absolute atomic E-state index is 14.9. The summed E-state index contributed by atoms with van der Waals surface area (Å²) in [5.74, 6) is 0.762. The Kier molecular flexibility index (Phi) is 11.3. The Balaban J connectivity index is 1.24. The summed E-state index contributed by atoms with van der Waals surface area (Å²) in [6.07, 6.45) is 0.119. The van der Waals surface area contributed by atoms with E-state index in [2.05, 4.69) is 59.4 Å². The van der Waals surface area contributed by atoms with Crippen LogP contribution in [0.2, 0.25) is 0 Å². The monoisotopic (exact) mass is 701 g/mol. The summed E-state index contributed by atoms with van der Waals surface area (Å²) in [6.45, 7) is 0.944. The van der Waals surface area contributed by atoms with Crippen molar-refractivity contribution in [2.75, 3.05) is 19.8 Å². The van der Waals surface area contributed by atoms with Gasteiger partial charge in [-0.2, -0.15) is 0 Å². The lowest BCUT2D eigenvalue weighted by molar-refractivity contribution is -0.130. The average Bonchev–Trinajstić information content (AvgIpc) is 3.61. The smallest absolute Gasteiger partial charge is 0.266 e. The molecule has 0 aromatic heterocycles. The van der Waals surface area contributed by atoms with Crippen LogP contribution in [-0.2, 0) is 16.0 Å². The fraction of sp³-hybridized carbons (Fsp3) is 0.174. The molecule has 1 amide bonds. The highest BCUT2D eigenvalue weighted by Gasteiger charge is 2.53. The number of carbonyl (C=O) groups excluding carboxylic acids is 1. The van der Waals surface area contributed by atoms with Crippen LogP contribution in [0.5, 0.6) is 5.75 Å². The van der Waals surface area contributed by atoms with E-state index >= 15 is 0 Å². The van der Waals surface area contributed by atoms with Crippen molar-refractivity contribution in [2.24, 2.45) is 4.99 Å². The van der Waals surface area contributed by atoms with Gasteiger partial charge in [0.15, 0.2) is 11.6 Å². The van der Waals surface area contributed by atoms with Gasteiger partial charge in [-0.05, 0) is 57.6 Å². The van der Waals surface area contributed by atoms with Gasteiger partial charge in [0.25, 0.3) is 5.91 Å². The number of aliphatic imine (C=N–C) groups is 1. The number of amides is 1. The molecule has 0 aliphatic carbocycles. The van der Waals surface area contributed by atoms with Crippen LogP contribution in [0.3, 0.4) is 0 Å². The van der Waals surface area contributed by atoms with Crippen LogP contribution in [-0.4, -0.2) is 42.2 Å². The lowest BCUT2D eigenvalue weighted by Crippen LogP contribution is -2.54. The summed E-state index contributed by atoms with van der Waals surface area (Å²) in [4.78, 5) is 20.1. The third-order valence-electron chi connectivity index (χ3n) is 9.58. The molecule has 7 rings (SSSR count). The molecule has 7 heteroatoms. The summed E-state index contributed by atoms with van der Waals surface area (Å²) in [5.41, 5.74) is 12.0. The first-order chi connectivity index (χ1) is 26.1. The Morgan fingerprint density at radius 1 is 0.698 bits per heavy atom. The lowest BCUT2D eigenvalue weighted by atomic mass is 9.82. The molecule has 6 aromatic rings. The van der Waals surface area contributed by atoms with Crippen molar-refractivity contribution in [3.05, 3.63) is 198 Å². The third kappa shape index (κ3) is 8.39. The molecular formula is C46H43N3O4. The minimum atomic E-state index is -1.36. The third-order valence-corrected chi connectivity index (χ3v) is 9.58. The maximum Gasteiger partial charge on any atom is 0.266 e. The fourth-order valence-corrected chi connectivity index (χ4v) is 6.81. The number of aliphatic hydroxyl groups is 1. The van der Waals surface area contributed by atoms with Gasteiger partial charge in [-0.3, -0.25) is 10.2 Å². The number of hydrazine groups is 1. The molecule has 0 fully saturated rings. The van der Waals surface area contributed by atoms with E-state index < -0.39 is 11.6 Å². The van der Waals surface area contributed by atoms with Gasteiger partial charge in [-0.25, -0.2) is 10.4 Å². The Morgan fingerprint density at radius 2 is 1.25 bits per heavy atom. The quantitative estimate of drug-likeness (QED) is 0.0745. The van der Waals surface area contributed by atoms with E-state index in [9.17, 15) is 4.79 Å². The van der Waals surface area contributed by atoms with Crippen molar-refractivity contribution in [2.45, 2.75) is 30.4 Å². The zero-order chi connectivity index (χ0) is 36.3. The van der Waals surface area contributed by atoms with Crippen molar-refractivity contribution in [1.29, 1.82) is 0 Å². The van der Waals surface area contributed by atoms with Gasteiger partial charge in [0.05, 0.1) is 6.61 Å². The second-order valence-corrected chi connectivity index (χ2v) is 13.1. The van der Waals surface area contributed by atoms with Crippen LogP contribution in [0, 0.1) is 0 Å². The highest BCUT2D eigenvalue weighted by Crippen LogP contribution is 2.43. The van der Waals surface area contributed by atoms with Crippen LogP contribution in [0.15, 0.2) is 175 Å². The number of ether oxygens (including phenoxy) is 2. The Hall–Kier alpha value is -6.02. The molecule has 0 unspecified atom stereocenters. The standard InChI is InChI=1S/C46H43N3O4/c50-30-13-31-52-41-28-26-40(27-29-41)44-48-46(32-34-14-5-1-6-15-34,43(53-44)39-24-22-36(23-25-39)35-16-7-2-8-17-35)45(51)49-47-33-42(37-18-9-3-10-19-37)38-20-11-4-12-21-38/h1-12,14-29,42-43,47,50H,13,30-33H2,(H,49,51)/t43-,46-/m0/s1. The van der Waals surface area contributed by atoms with Crippen LogP contribution in [0.4, 0.5) is 0 Å². The second-order valence-electron chi connectivity index (χ2n) is 13.1. The molecule has 1 aliphatic heterocycles. The predicted octanol–water partition coefficient (Wildman–Crippen LogP) is 8.07.